The van der Waals surface area contributed by atoms with E-state index in [1.165, 1.54) is 7.05 Å². The van der Waals surface area contributed by atoms with Crippen molar-refractivity contribution >= 4 is 27.4 Å². The molecule has 19 heavy (non-hydrogen) atoms. The lowest BCUT2D eigenvalue weighted by Crippen LogP contribution is -2.21. The standard InChI is InChI=1S/C11H16N4O2S2/c1-12-19(16,17)9-3-2-8-18-11-5-4-10-13-6-7-15(10)14-11/h4-7,12H,2-3,8-9H2,1H3. The molecule has 0 aliphatic carbocycles. The van der Waals surface area contributed by atoms with Crippen molar-refractivity contribution in [2.75, 3.05) is 18.6 Å². The van der Waals surface area contributed by atoms with E-state index in [2.05, 4.69) is 14.8 Å². The molecule has 0 aliphatic rings. The summed E-state index contributed by atoms with van der Waals surface area (Å²) in [6, 6.07) is 3.85. The number of hydrogen-bond donors (Lipinski definition) is 1. The van der Waals surface area contributed by atoms with Gasteiger partial charge in [0.2, 0.25) is 10.0 Å². The highest BCUT2D eigenvalue weighted by Crippen LogP contribution is 2.17. The van der Waals surface area contributed by atoms with Crippen LogP contribution in [0.25, 0.3) is 5.65 Å². The van der Waals surface area contributed by atoms with Gasteiger partial charge in [-0.2, -0.15) is 5.10 Å². The number of sulfonamides is 1. The van der Waals surface area contributed by atoms with E-state index in [0.717, 1.165) is 22.8 Å². The molecule has 0 unspecified atom stereocenters. The molecule has 0 fully saturated rings. The van der Waals surface area contributed by atoms with Gasteiger partial charge in [-0.3, -0.25) is 0 Å². The van der Waals surface area contributed by atoms with Crippen LogP contribution in [0.3, 0.4) is 0 Å². The van der Waals surface area contributed by atoms with E-state index in [1.807, 2.05) is 12.1 Å². The summed E-state index contributed by atoms with van der Waals surface area (Å²) >= 11 is 1.62. The molecule has 0 bridgehead atoms. The minimum absolute atomic E-state index is 0.179. The topological polar surface area (TPSA) is 76.4 Å². The van der Waals surface area contributed by atoms with Gasteiger partial charge in [-0.1, -0.05) is 0 Å². The predicted molar refractivity (Wildman–Crippen MR) is 75.8 cm³/mol. The molecule has 0 spiro atoms. The minimum Gasteiger partial charge on any atom is -0.236 e. The number of unbranched alkanes of at least 4 members (excludes halogenated alkanes) is 1. The first kappa shape index (κ1) is 14.3. The van der Waals surface area contributed by atoms with Crippen molar-refractivity contribution < 1.29 is 8.42 Å². The summed E-state index contributed by atoms with van der Waals surface area (Å²) in [5.74, 6) is 1.03. The van der Waals surface area contributed by atoms with Crippen molar-refractivity contribution in [2.24, 2.45) is 0 Å². The molecule has 0 amide bonds. The van der Waals surface area contributed by atoms with E-state index in [4.69, 9.17) is 0 Å². The van der Waals surface area contributed by atoms with Crippen molar-refractivity contribution in [1.29, 1.82) is 0 Å². The maximum Gasteiger partial charge on any atom is 0.211 e. The maximum absolute atomic E-state index is 11.2. The van der Waals surface area contributed by atoms with Crippen LogP contribution in [-0.4, -0.2) is 41.6 Å². The Labute approximate surface area is 116 Å². The van der Waals surface area contributed by atoms with Crippen LogP contribution < -0.4 is 4.72 Å². The third-order valence-electron chi connectivity index (χ3n) is 2.60. The fourth-order valence-electron chi connectivity index (χ4n) is 1.55. The summed E-state index contributed by atoms with van der Waals surface area (Å²) in [7, 11) is -1.63. The Kier molecular flexibility index (Phi) is 4.78. The average molecular weight is 300 g/mol. The number of fused-ring (bicyclic) bond motifs is 1. The zero-order valence-electron chi connectivity index (χ0n) is 10.6. The zero-order chi connectivity index (χ0) is 13.7. The largest absolute Gasteiger partial charge is 0.236 e. The van der Waals surface area contributed by atoms with Gasteiger partial charge in [-0.05, 0) is 37.8 Å². The van der Waals surface area contributed by atoms with Gasteiger partial charge in [-0.25, -0.2) is 22.6 Å². The monoisotopic (exact) mass is 300 g/mol. The van der Waals surface area contributed by atoms with Gasteiger partial charge in [0.15, 0.2) is 5.65 Å². The lowest BCUT2D eigenvalue weighted by molar-refractivity contribution is 0.585. The summed E-state index contributed by atoms with van der Waals surface area (Å²) in [6.07, 6.45) is 5.01. The maximum atomic E-state index is 11.2. The molecule has 8 heteroatoms. The number of aromatic nitrogens is 3. The van der Waals surface area contributed by atoms with Crippen LogP contribution in [0.2, 0.25) is 0 Å². The summed E-state index contributed by atoms with van der Waals surface area (Å²) < 4.78 is 26.5. The highest BCUT2D eigenvalue weighted by Gasteiger charge is 2.06. The fraction of sp³-hybridized carbons (Fsp3) is 0.455. The normalized spacial score (nSPS) is 12.1. The highest BCUT2D eigenvalue weighted by atomic mass is 32.2. The van der Waals surface area contributed by atoms with Gasteiger partial charge in [0.25, 0.3) is 0 Å². The molecule has 2 heterocycles. The Hall–Kier alpha value is -1.12. The third-order valence-corrected chi connectivity index (χ3v) is 5.05. The zero-order valence-corrected chi connectivity index (χ0v) is 12.2. The van der Waals surface area contributed by atoms with Crippen molar-refractivity contribution in [3.05, 3.63) is 24.5 Å². The Bertz CT molecular complexity index is 639. The lowest BCUT2D eigenvalue weighted by atomic mass is 10.4. The Morgan fingerprint density at radius 1 is 1.37 bits per heavy atom. The second kappa shape index (κ2) is 6.36. The molecular formula is C11H16N4O2S2. The highest BCUT2D eigenvalue weighted by molar-refractivity contribution is 7.99. The quantitative estimate of drug-likeness (QED) is 0.613. The van der Waals surface area contributed by atoms with Gasteiger partial charge in [-0.15, -0.1) is 11.8 Å². The van der Waals surface area contributed by atoms with Crippen LogP contribution in [0.15, 0.2) is 29.6 Å². The number of nitrogens with one attached hydrogen (secondary N) is 1. The molecule has 2 aromatic heterocycles. The first-order valence-corrected chi connectivity index (χ1v) is 8.59. The number of thioether (sulfide) groups is 1. The van der Waals surface area contributed by atoms with Crippen LogP contribution in [0.1, 0.15) is 12.8 Å². The van der Waals surface area contributed by atoms with E-state index in [9.17, 15) is 8.42 Å². The number of hydrogen-bond acceptors (Lipinski definition) is 5. The van der Waals surface area contributed by atoms with E-state index in [1.54, 1.807) is 28.7 Å². The van der Waals surface area contributed by atoms with Crippen LogP contribution in [0, 0.1) is 0 Å². The summed E-state index contributed by atoms with van der Waals surface area (Å²) in [5, 5.41) is 5.30. The molecule has 0 saturated heterocycles. The molecular weight excluding hydrogens is 284 g/mol. The van der Waals surface area contributed by atoms with E-state index in [0.29, 0.717) is 6.42 Å². The van der Waals surface area contributed by atoms with Gasteiger partial charge >= 0.3 is 0 Å². The van der Waals surface area contributed by atoms with Crippen LogP contribution >= 0.6 is 11.8 Å². The molecule has 0 aliphatic heterocycles. The van der Waals surface area contributed by atoms with Gasteiger partial charge in [0, 0.05) is 12.4 Å². The molecule has 0 aromatic carbocycles. The van der Waals surface area contributed by atoms with Gasteiger partial charge in [0.1, 0.15) is 5.03 Å². The van der Waals surface area contributed by atoms with Crippen LogP contribution in [-0.2, 0) is 10.0 Å². The first-order valence-electron chi connectivity index (χ1n) is 5.95. The molecule has 0 atom stereocenters. The van der Waals surface area contributed by atoms with Gasteiger partial charge < -0.3 is 0 Å². The van der Waals surface area contributed by atoms with Crippen LogP contribution in [0.5, 0.6) is 0 Å². The summed E-state index contributed by atoms with van der Waals surface area (Å²) in [5.41, 5.74) is 0.824. The number of rotatable bonds is 7. The molecule has 6 nitrogen and oxygen atoms in total. The molecule has 2 rings (SSSR count). The van der Waals surface area contributed by atoms with Crippen molar-refractivity contribution in [3.8, 4) is 0 Å². The number of nitrogens with zero attached hydrogens (tertiary/aromatic N) is 3. The van der Waals surface area contributed by atoms with Gasteiger partial charge in [0.05, 0.1) is 5.75 Å². The molecule has 2 aromatic rings. The molecule has 0 radical (unpaired) electrons. The van der Waals surface area contributed by atoms with Crippen molar-refractivity contribution in [3.63, 3.8) is 0 Å². The Balaban J connectivity index is 1.76. The second-order valence-corrected chi connectivity index (χ2v) is 7.14. The molecule has 104 valence electrons. The van der Waals surface area contributed by atoms with Crippen molar-refractivity contribution in [2.45, 2.75) is 17.9 Å². The average Bonchev–Trinajstić information content (AvgIpc) is 2.85. The summed E-state index contributed by atoms with van der Waals surface area (Å²) in [6.45, 7) is 0. The molecule has 1 N–H and O–H groups in total. The molecule has 0 saturated carbocycles. The predicted octanol–water partition coefficient (Wildman–Crippen LogP) is 1.15. The fourth-order valence-corrected chi connectivity index (χ4v) is 3.20. The second-order valence-electron chi connectivity index (χ2n) is 3.98. The lowest BCUT2D eigenvalue weighted by Gasteiger charge is -2.03. The van der Waals surface area contributed by atoms with Crippen LogP contribution in [0.4, 0.5) is 0 Å². The van der Waals surface area contributed by atoms with Crippen molar-refractivity contribution in [1.82, 2.24) is 19.3 Å². The minimum atomic E-state index is -3.07. The summed E-state index contributed by atoms with van der Waals surface area (Å²) in [4.78, 5) is 4.12. The number of imidazole rings is 1. The Morgan fingerprint density at radius 3 is 3.00 bits per heavy atom. The van der Waals surface area contributed by atoms with E-state index in [-0.39, 0.29) is 5.75 Å². The Morgan fingerprint density at radius 2 is 2.21 bits per heavy atom. The smallest absolute Gasteiger partial charge is 0.211 e. The third kappa shape index (κ3) is 4.19. The first-order chi connectivity index (χ1) is 9.11. The van der Waals surface area contributed by atoms with E-state index >= 15 is 0 Å². The SMILES string of the molecule is CNS(=O)(=O)CCCCSc1ccc2nccn2n1. The van der Waals surface area contributed by atoms with E-state index < -0.39 is 10.0 Å².